The van der Waals surface area contributed by atoms with Crippen molar-refractivity contribution in [1.29, 1.82) is 0 Å². The third-order valence-electron chi connectivity index (χ3n) is 3.61. The van der Waals surface area contributed by atoms with Gasteiger partial charge in [0.05, 0.1) is 19.1 Å². The van der Waals surface area contributed by atoms with Crippen LogP contribution in [0.3, 0.4) is 0 Å². The summed E-state index contributed by atoms with van der Waals surface area (Å²) in [4.78, 5) is 4.50. The maximum absolute atomic E-state index is 5.63. The Labute approximate surface area is 101 Å². The van der Waals surface area contributed by atoms with E-state index in [1.165, 1.54) is 25.7 Å². The highest BCUT2D eigenvalue weighted by molar-refractivity contribution is 4.98. The normalized spacial score (nSPS) is 26.5. The monoisotopic (exact) mass is 237 g/mol. The number of aromatic nitrogens is 2. The second-order valence-corrected chi connectivity index (χ2v) is 4.93. The van der Waals surface area contributed by atoms with Gasteiger partial charge in [-0.05, 0) is 12.8 Å². The Morgan fingerprint density at radius 1 is 1.29 bits per heavy atom. The molecule has 1 aromatic rings. The fourth-order valence-electron chi connectivity index (χ4n) is 2.65. The minimum Gasteiger partial charge on any atom is -0.375 e. The molecule has 1 saturated heterocycles. The van der Waals surface area contributed by atoms with Crippen LogP contribution in [-0.4, -0.2) is 35.9 Å². The molecular weight excluding hydrogens is 218 g/mol. The van der Waals surface area contributed by atoms with Crippen molar-refractivity contribution in [3.05, 3.63) is 11.7 Å². The van der Waals surface area contributed by atoms with Crippen LogP contribution in [0.1, 0.15) is 43.3 Å². The van der Waals surface area contributed by atoms with E-state index < -0.39 is 0 Å². The summed E-state index contributed by atoms with van der Waals surface area (Å²) in [5.41, 5.74) is 0. The van der Waals surface area contributed by atoms with Gasteiger partial charge in [0.2, 0.25) is 5.89 Å². The van der Waals surface area contributed by atoms with Crippen molar-refractivity contribution in [2.45, 2.75) is 44.1 Å². The third-order valence-corrected chi connectivity index (χ3v) is 3.61. The van der Waals surface area contributed by atoms with Crippen LogP contribution < -0.4 is 5.32 Å². The van der Waals surface area contributed by atoms with Gasteiger partial charge < -0.3 is 14.6 Å². The largest absolute Gasteiger partial charge is 0.375 e. The molecule has 5 nitrogen and oxygen atoms in total. The quantitative estimate of drug-likeness (QED) is 0.857. The van der Waals surface area contributed by atoms with Crippen LogP contribution in [0.4, 0.5) is 0 Å². The predicted molar refractivity (Wildman–Crippen MR) is 61.8 cm³/mol. The number of hydrogen-bond acceptors (Lipinski definition) is 5. The number of nitrogens with one attached hydrogen (secondary N) is 1. The van der Waals surface area contributed by atoms with Crippen molar-refractivity contribution < 1.29 is 9.26 Å². The maximum atomic E-state index is 5.63. The van der Waals surface area contributed by atoms with E-state index in [1.54, 1.807) is 0 Å². The molecular formula is C12H19N3O2. The van der Waals surface area contributed by atoms with E-state index in [4.69, 9.17) is 9.26 Å². The minimum absolute atomic E-state index is 0.181. The molecule has 94 valence electrons. The van der Waals surface area contributed by atoms with Crippen LogP contribution in [0.5, 0.6) is 0 Å². The van der Waals surface area contributed by atoms with Gasteiger partial charge in [-0.1, -0.05) is 18.0 Å². The molecule has 2 fully saturated rings. The van der Waals surface area contributed by atoms with Crippen LogP contribution in [0.2, 0.25) is 0 Å². The van der Waals surface area contributed by atoms with E-state index >= 15 is 0 Å². The minimum atomic E-state index is 0.181. The summed E-state index contributed by atoms with van der Waals surface area (Å²) >= 11 is 0. The number of ether oxygens (including phenoxy) is 1. The second-order valence-electron chi connectivity index (χ2n) is 4.93. The van der Waals surface area contributed by atoms with Crippen LogP contribution >= 0.6 is 0 Å². The van der Waals surface area contributed by atoms with Crippen molar-refractivity contribution in [2.24, 2.45) is 0 Å². The van der Waals surface area contributed by atoms with Gasteiger partial charge in [0.25, 0.3) is 0 Å². The standard InChI is InChI=1S/C12H19N3O2/c1-2-4-9(3-1)12-14-11(17-15-12)7-10-8-13-5-6-16-10/h9-10,13H,1-8H2. The van der Waals surface area contributed by atoms with Gasteiger partial charge in [0.15, 0.2) is 5.82 Å². The lowest BCUT2D eigenvalue weighted by Gasteiger charge is -2.21. The van der Waals surface area contributed by atoms with Crippen LogP contribution in [0.15, 0.2) is 4.52 Å². The highest BCUT2D eigenvalue weighted by Gasteiger charge is 2.23. The molecule has 1 aliphatic heterocycles. The Hall–Kier alpha value is -0.940. The van der Waals surface area contributed by atoms with Gasteiger partial charge in [0.1, 0.15) is 0 Å². The Morgan fingerprint density at radius 2 is 2.18 bits per heavy atom. The van der Waals surface area contributed by atoms with E-state index in [2.05, 4.69) is 15.5 Å². The van der Waals surface area contributed by atoms with Crippen LogP contribution in [0.25, 0.3) is 0 Å². The number of morpholine rings is 1. The summed E-state index contributed by atoms with van der Waals surface area (Å²) in [6.07, 6.45) is 5.92. The summed E-state index contributed by atoms with van der Waals surface area (Å²) in [6, 6.07) is 0. The first-order valence-corrected chi connectivity index (χ1v) is 6.56. The molecule has 3 rings (SSSR count). The molecule has 2 heterocycles. The maximum Gasteiger partial charge on any atom is 0.229 e. The van der Waals surface area contributed by atoms with Crippen LogP contribution in [0, 0.1) is 0 Å². The van der Waals surface area contributed by atoms with E-state index in [0.29, 0.717) is 5.92 Å². The molecule has 1 aliphatic carbocycles. The first-order valence-electron chi connectivity index (χ1n) is 6.56. The van der Waals surface area contributed by atoms with Gasteiger partial charge in [0, 0.05) is 19.0 Å². The average Bonchev–Trinajstić information content (AvgIpc) is 3.00. The average molecular weight is 237 g/mol. The molecule has 0 radical (unpaired) electrons. The lowest BCUT2D eigenvalue weighted by Crippen LogP contribution is -2.39. The third kappa shape index (κ3) is 2.66. The molecule has 17 heavy (non-hydrogen) atoms. The number of hydrogen-bond donors (Lipinski definition) is 1. The van der Waals surface area contributed by atoms with E-state index in [0.717, 1.165) is 37.8 Å². The highest BCUT2D eigenvalue weighted by atomic mass is 16.5. The van der Waals surface area contributed by atoms with E-state index in [-0.39, 0.29) is 6.10 Å². The molecule has 1 unspecified atom stereocenters. The van der Waals surface area contributed by atoms with Crippen molar-refractivity contribution >= 4 is 0 Å². The van der Waals surface area contributed by atoms with E-state index in [9.17, 15) is 0 Å². The fourth-order valence-corrected chi connectivity index (χ4v) is 2.65. The Morgan fingerprint density at radius 3 is 2.94 bits per heavy atom. The molecule has 2 aliphatic rings. The Balaban J connectivity index is 1.59. The number of rotatable bonds is 3. The number of nitrogens with zero attached hydrogens (tertiary/aromatic N) is 2. The summed E-state index contributed by atoms with van der Waals surface area (Å²) in [6.45, 7) is 2.59. The van der Waals surface area contributed by atoms with Gasteiger partial charge in [-0.15, -0.1) is 0 Å². The van der Waals surface area contributed by atoms with Crippen molar-refractivity contribution in [3.63, 3.8) is 0 Å². The molecule has 0 bridgehead atoms. The van der Waals surface area contributed by atoms with E-state index in [1.807, 2.05) is 0 Å². The topological polar surface area (TPSA) is 60.2 Å². The molecule has 0 spiro atoms. The molecule has 0 amide bonds. The van der Waals surface area contributed by atoms with Crippen molar-refractivity contribution in [1.82, 2.24) is 15.5 Å². The lowest BCUT2D eigenvalue weighted by molar-refractivity contribution is 0.0246. The first kappa shape index (κ1) is 11.2. The van der Waals surface area contributed by atoms with Crippen molar-refractivity contribution in [2.75, 3.05) is 19.7 Å². The molecule has 1 aromatic heterocycles. The fraction of sp³-hybridized carbons (Fsp3) is 0.833. The Kier molecular flexibility index (Phi) is 3.38. The van der Waals surface area contributed by atoms with Gasteiger partial charge in [-0.3, -0.25) is 0 Å². The smallest absolute Gasteiger partial charge is 0.229 e. The molecule has 1 atom stereocenters. The summed E-state index contributed by atoms with van der Waals surface area (Å²) in [5, 5.41) is 7.40. The lowest BCUT2D eigenvalue weighted by atomic mass is 10.1. The molecule has 0 aromatic carbocycles. The highest BCUT2D eigenvalue weighted by Crippen LogP contribution is 2.32. The second kappa shape index (κ2) is 5.14. The Bertz CT molecular complexity index is 354. The zero-order valence-corrected chi connectivity index (χ0v) is 10.0. The molecule has 1 N–H and O–H groups in total. The molecule has 1 saturated carbocycles. The predicted octanol–water partition coefficient (Wildman–Crippen LogP) is 1.26. The van der Waals surface area contributed by atoms with Gasteiger partial charge >= 0.3 is 0 Å². The summed E-state index contributed by atoms with van der Waals surface area (Å²) in [5.74, 6) is 2.15. The SMILES string of the molecule is C1CCC(c2noc(CC3CNCCO3)n2)C1. The van der Waals surface area contributed by atoms with Gasteiger partial charge in [-0.2, -0.15) is 4.98 Å². The zero-order valence-electron chi connectivity index (χ0n) is 10.0. The zero-order chi connectivity index (χ0) is 11.5. The van der Waals surface area contributed by atoms with Crippen LogP contribution in [-0.2, 0) is 11.2 Å². The van der Waals surface area contributed by atoms with Crippen molar-refractivity contribution in [3.8, 4) is 0 Å². The van der Waals surface area contributed by atoms with Gasteiger partial charge in [-0.25, -0.2) is 0 Å². The molecule has 5 heteroatoms. The first-order chi connectivity index (χ1) is 8.42. The summed E-state index contributed by atoms with van der Waals surface area (Å²) in [7, 11) is 0. The summed E-state index contributed by atoms with van der Waals surface area (Å²) < 4.78 is 10.9.